The molecule has 0 radical (unpaired) electrons. The fourth-order valence-corrected chi connectivity index (χ4v) is 2.86. The minimum atomic E-state index is -0.792. The highest BCUT2D eigenvalue weighted by molar-refractivity contribution is 5.75. The molecule has 0 spiro atoms. The molecule has 2 rings (SSSR count). The van der Waals surface area contributed by atoms with Gasteiger partial charge in [-0.3, -0.25) is 9.69 Å². The van der Waals surface area contributed by atoms with E-state index in [1.807, 2.05) is 11.8 Å². The average Bonchev–Trinajstić information content (AvgIpc) is 3.11. The number of hydrogen-bond acceptors (Lipinski definition) is 3. The van der Waals surface area contributed by atoms with Crippen LogP contribution in [0.4, 0.5) is 4.79 Å². The number of nitrogens with zero attached hydrogens (tertiary/aromatic N) is 1. The van der Waals surface area contributed by atoms with Crippen molar-refractivity contribution in [2.45, 2.75) is 63.6 Å². The standard InChI is InChI=1S/C14H25N3O3/c1-3-14(5-6-14)16-13(20)15-10-7-11(8-10)17(4-2)9-12(18)19/h10-11H,3-9H2,1-2H3,(H,18,19)(H2,15,16,20). The fourth-order valence-electron chi connectivity index (χ4n) is 2.86. The van der Waals surface area contributed by atoms with Crippen molar-refractivity contribution >= 4 is 12.0 Å². The highest BCUT2D eigenvalue weighted by Gasteiger charge is 2.43. The molecule has 2 saturated carbocycles. The van der Waals surface area contributed by atoms with Gasteiger partial charge in [-0.05, 0) is 38.6 Å². The van der Waals surface area contributed by atoms with Crippen molar-refractivity contribution in [3.63, 3.8) is 0 Å². The first-order chi connectivity index (χ1) is 9.48. The number of carbonyl (C=O) groups excluding carboxylic acids is 1. The molecule has 2 amide bonds. The summed E-state index contributed by atoms with van der Waals surface area (Å²) in [6.07, 6.45) is 4.82. The van der Waals surface area contributed by atoms with E-state index in [0.29, 0.717) is 0 Å². The van der Waals surface area contributed by atoms with Crippen LogP contribution in [0.2, 0.25) is 0 Å². The summed E-state index contributed by atoms with van der Waals surface area (Å²) in [6, 6.07) is 0.382. The van der Waals surface area contributed by atoms with Crippen LogP contribution >= 0.6 is 0 Å². The van der Waals surface area contributed by atoms with Gasteiger partial charge >= 0.3 is 12.0 Å². The summed E-state index contributed by atoms with van der Waals surface area (Å²) in [5.41, 5.74) is 0.0476. The second-order valence-electron chi connectivity index (χ2n) is 6.01. The van der Waals surface area contributed by atoms with Crippen molar-refractivity contribution in [3.8, 4) is 0 Å². The number of carboxylic acid groups (broad SMARTS) is 1. The van der Waals surface area contributed by atoms with Gasteiger partial charge in [0.1, 0.15) is 0 Å². The second kappa shape index (κ2) is 5.99. The molecule has 0 unspecified atom stereocenters. The summed E-state index contributed by atoms with van der Waals surface area (Å²) >= 11 is 0. The highest BCUT2D eigenvalue weighted by atomic mass is 16.4. The van der Waals surface area contributed by atoms with Gasteiger partial charge in [-0.1, -0.05) is 13.8 Å². The highest BCUT2D eigenvalue weighted by Crippen LogP contribution is 2.38. The summed E-state index contributed by atoms with van der Waals surface area (Å²) in [7, 11) is 0. The van der Waals surface area contributed by atoms with Crippen LogP contribution in [0, 0.1) is 0 Å². The van der Waals surface area contributed by atoms with Crippen molar-refractivity contribution in [1.29, 1.82) is 0 Å². The van der Waals surface area contributed by atoms with Gasteiger partial charge in [0.25, 0.3) is 0 Å². The zero-order chi connectivity index (χ0) is 14.8. The van der Waals surface area contributed by atoms with Crippen molar-refractivity contribution in [2.75, 3.05) is 13.1 Å². The van der Waals surface area contributed by atoms with E-state index in [0.717, 1.165) is 38.6 Å². The molecule has 20 heavy (non-hydrogen) atoms. The topological polar surface area (TPSA) is 81.7 Å². The molecule has 6 nitrogen and oxygen atoms in total. The third kappa shape index (κ3) is 3.62. The number of aliphatic carboxylic acids is 1. The first-order valence-electron chi connectivity index (χ1n) is 7.52. The summed E-state index contributed by atoms with van der Waals surface area (Å²) < 4.78 is 0. The lowest BCUT2D eigenvalue weighted by Gasteiger charge is -2.42. The number of amides is 2. The third-order valence-corrected chi connectivity index (χ3v) is 4.62. The van der Waals surface area contributed by atoms with Crippen molar-refractivity contribution in [2.24, 2.45) is 0 Å². The lowest BCUT2D eigenvalue weighted by molar-refractivity contribution is -0.139. The first kappa shape index (κ1) is 15.1. The van der Waals surface area contributed by atoms with Crippen LogP contribution in [0.1, 0.15) is 46.0 Å². The van der Waals surface area contributed by atoms with E-state index in [4.69, 9.17) is 5.11 Å². The largest absolute Gasteiger partial charge is 0.480 e. The second-order valence-corrected chi connectivity index (χ2v) is 6.01. The minimum Gasteiger partial charge on any atom is -0.480 e. The van der Waals surface area contributed by atoms with E-state index < -0.39 is 5.97 Å². The van der Waals surface area contributed by atoms with Gasteiger partial charge in [0.15, 0.2) is 0 Å². The number of urea groups is 1. The van der Waals surface area contributed by atoms with Crippen LogP contribution in [-0.2, 0) is 4.79 Å². The van der Waals surface area contributed by atoms with E-state index in [2.05, 4.69) is 17.6 Å². The van der Waals surface area contributed by atoms with Gasteiger partial charge in [0.2, 0.25) is 0 Å². The van der Waals surface area contributed by atoms with E-state index in [-0.39, 0.29) is 30.2 Å². The third-order valence-electron chi connectivity index (χ3n) is 4.62. The molecule has 2 aliphatic carbocycles. The molecule has 0 aromatic carbocycles. The van der Waals surface area contributed by atoms with Gasteiger partial charge in [-0.2, -0.15) is 0 Å². The van der Waals surface area contributed by atoms with Crippen LogP contribution in [0.15, 0.2) is 0 Å². The number of carboxylic acids is 1. The quantitative estimate of drug-likeness (QED) is 0.655. The minimum absolute atomic E-state index is 0.0476. The Hall–Kier alpha value is -1.30. The molecule has 0 saturated heterocycles. The summed E-state index contributed by atoms with van der Waals surface area (Å²) in [5, 5.41) is 14.9. The van der Waals surface area contributed by atoms with Crippen LogP contribution in [0.3, 0.4) is 0 Å². The number of hydrogen-bond donors (Lipinski definition) is 3. The maximum Gasteiger partial charge on any atom is 0.317 e. The Morgan fingerprint density at radius 1 is 1.30 bits per heavy atom. The Kier molecular flexibility index (Phi) is 4.52. The SMILES string of the molecule is CCN(CC(=O)O)C1CC(NC(=O)NC2(CC)CC2)C1. The normalized spacial score (nSPS) is 26.8. The average molecular weight is 283 g/mol. The molecule has 0 heterocycles. The lowest BCUT2D eigenvalue weighted by Crippen LogP contribution is -2.57. The maximum atomic E-state index is 11.9. The number of likely N-dealkylation sites (N-methyl/N-ethyl adjacent to an activating group) is 1. The van der Waals surface area contributed by atoms with E-state index in [1.54, 1.807) is 0 Å². The lowest BCUT2D eigenvalue weighted by atomic mass is 9.85. The predicted octanol–water partition coefficient (Wildman–Crippen LogP) is 1.17. The molecule has 114 valence electrons. The van der Waals surface area contributed by atoms with Gasteiger partial charge in [0.05, 0.1) is 6.54 Å². The molecular formula is C14H25N3O3. The van der Waals surface area contributed by atoms with E-state index in [9.17, 15) is 9.59 Å². The van der Waals surface area contributed by atoms with Gasteiger partial charge < -0.3 is 15.7 Å². The summed E-state index contributed by atoms with van der Waals surface area (Å²) in [6.45, 7) is 4.88. The predicted molar refractivity (Wildman–Crippen MR) is 75.6 cm³/mol. The molecule has 0 aromatic rings. The number of rotatable bonds is 7. The molecular weight excluding hydrogens is 258 g/mol. The fraction of sp³-hybridized carbons (Fsp3) is 0.857. The molecule has 2 aliphatic rings. The molecule has 3 N–H and O–H groups in total. The van der Waals surface area contributed by atoms with Gasteiger partial charge in [-0.15, -0.1) is 0 Å². The Morgan fingerprint density at radius 3 is 2.40 bits per heavy atom. The van der Waals surface area contributed by atoms with Crippen molar-refractivity contribution in [3.05, 3.63) is 0 Å². The summed E-state index contributed by atoms with van der Waals surface area (Å²) in [4.78, 5) is 24.6. The zero-order valence-corrected chi connectivity index (χ0v) is 12.3. The van der Waals surface area contributed by atoms with Crippen LogP contribution < -0.4 is 10.6 Å². The Balaban J connectivity index is 1.68. The number of carbonyl (C=O) groups is 2. The van der Waals surface area contributed by atoms with Crippen molar-refractivity contribution in [1.82, 2.24) is 15.5 Å². The maximum absolute atomic E-state index is 11.9. The van der Waals surface area contributed by atoms with Crippen LogP contribution in [-0.4, -0.2) is 52.7 Å². The molecule has 0 atom stereocenters. The molecule has 0 aliphatic heterocycles. The Labute approximate surface area is 119 Å². The zero-order valence-electron chi connectivity index (χ0n) is 12.3. The number of nitrogens with one attached hydrogen (secondary N) is 2. The van der Waals surface area contributed by atoms with E-state index >= 15 is 0 Å². The van der Waals surface area contributed by atoms with Crippen LogP contribution in [0.25, 0.3) is 0 Å². The van der Waals surface area contributed by atoms with E-state index in [1.165, 1.54) is 0 Å². The first-order valence-corrected chi connectivity index (χ1v) is 7.52. The van der Waals surface area contributed by atoms with Gasteiger partial charge in [-0.25, -0.2) is 4.79 Å². The Morgan fingerprint density at radius 2 is 1.95 bits per heavy atom. The molecule has 2 fully saturated rings. The molecule has 6 heteroatoms. The smallest absolute Gasteiger partial charge is 0.317 e. The monoisotopic (exact) mass is 283 g/mol. The van der Waals surface area contributed by atoms with Crippen molar-refractivity contribution < 1.29 is 14.7 Å². The van der Waals surface area contributed by atoms with Gasteiger partial charge in [0, 0.05) is 17.6 Å². The molecule has 0 aromatic heterocycles. The molecule has 0 bridgehead atoms. The Bertz CT molecular complexity index is 376. The van der Waals surface area contributed by atoms with Crippen LogP contribution in [0.5, 0.6) is 0 Å². The summed E-state index contributed by atoms with van der Waals surface area (Å²) in [5.74, 6) is -0.792.